The van der Waals surface area contributed by atoms with E-state index in [9.17, 15) is 0 Å². The smallest absolute Gasteiger partial charge is 0.126 e. The fourth-order valence-corrected chi connectivity index (χ4v) is 2.98. The molecular formula is C9H13NS2. The third-order valence-corrected chi connectivity index (χ3v) is 3.92. The maximum Gasteiger partial charge on any atom is 0.126 e. The van der Waals surface area contributed by atoms with Gasteiger partial charge >= 0.3 is 0 Å². The molecule has 0 saturated heterocycles. The second-order valence-electron chi connectivity index (χ2n) is 2.34. The number of hydrogen-bond donors (Lipinski definition) is 0. The van der Waals surface area contributed by atoms with Crippen molar-refractivity contribution in [3.05, 3.63) is 36.9 Å². The van der Waals surface area contributed by atoms with Crippen molar-refractivity contribution in [1.29, 1.82) is 0 Å². The van der Waals surface area contributed by atoms with Gasteiger partial charge in [0, 0.05) is 18.5 Å². The van der Waals surface area contributed by atoms with Crippen molar-refractivity contribution in [2.75, 3.05) is 12.3 Å². The van der Waals surface area contributed by atoms with Crippen molar-refractivity contribution in [3.8, 4) is 0 Å². The van der Waals surface area contributed by atoms with Gasteiger partial charge in [0.05, 0.1) is 0 Å². The molecule has 0 aromatic carbocycles. The second-order valence-corrected chi connectivity index (χ2v) is 4.74. The molecule has 0 bridgehead atoms. The highest BCUT2D eigenvalue weighted by atomic mass is 32.2. The van der Waals surface area contributed by atoms with Gasteiger partial charge in [-0.1, -0.05) is 23.9 Å². The minimum atomic E-state index is 0.515. The molecule has 12 heavy (non-hydrogen) atoms. The van der Waals surface area contributed by atoms with E-state index in [1.165, 1.54) is 0 Å². The van der Waals surface area contributed by atoms with Crippen LogP contribution in [0.15, 0.2) is 36.9 Å². The minimum Gasteiger partial charge on any atom is -0.353 e. The summed E-state index contributed by atoms with van der Waals surface area (Å²) in [5.41, 5.74) is 0. The lowest BCUT2D eigenvalue weighted by molar-refractivity contribution is 0.475. The Morgan fingerprint density at radius 3 is 3.00 bits per heavy atom. The maximum absolute atomic E-state index is 3.72. The molecule has 0 aromatic rings. The Labute approximate surface area is 82.6 Å². The van der Waals surface area contributed by atoms with Crippen LogP contribution in [0.5, 0.6) is 0 Å². The van der Waals surface area contributed by atoms with Gasteiger partial charge in [-0.3, -0.25) is 0 Å². The molecule has 1 heterocycles. The van der Waals surface area contributed by atoms with E-state index >= 15 is 0 Å². The molecule has 0 aromatic heterocycles. The van der Waals surface area contributed by atoms with E-state index in [0.29, 0.717) is 4.71 Å². The van der Waals surface area contributed by atoms with Gasteiger partial charge in [0.15, 0.2) is 0 Å². The molecule has 0 aliphatic carbocycles. The molecule has 3 heteroatoms. The van der Waals surface area contributed by atoms with Gasteiger partial charge in [0.25, 0.3) is 0 Å². The van der Waals surface area contributed by atoms with Gasteiger partial charge < -0.3 is 4.90 Å². The van der Waals surface area contributed by atoms with Crippen molar-refractivity contribution in [2.45, 2.75) is 4.71 Å². The fourth-order valence-electron chi connectivity index (χ4n) is 0.910. The highest BCUT2D eigenvalue weighted by Crippen LogP contribution is 2.33. The van der Waals surface area contributed by atoms with Crippen LogP contribution in [-0.2, 0) is 0 Å². The average Bonchev–Trinajstić information content (AvgIpc) is 2.50. The molecule has 0 radical (unpaired) electrons. The SMILES string of the molecule is C=CCSC1SC=CN1CC=C. The van der Waals surface area contributed by atoms with Crippen molar-refractivity contribution >= 4 is 23.5 Å². The molecule has 1 aliphatic heterocycles. The Kier molecular flexibility index (Phi) is 4.40. The van der Waals surface area contributed by atoms with Gasteiger partial charge in [-0.05, 0) is 5.41 Å². The Morgan fingerprint density at radius 1 is 1.50 bits per heavy atom. The van der Waals surface area contributed by atoms with Crippen molar-refractivity contribution in [1.82, 2.24) is 4.90 Å². The Bertz CT molecular complexity index is 189. The number of nitrogens with zero attached hydrogens (tertiary/aromatic N) is 1. The molecule has 0 N–H and O–H groups in total. The summed E-state index contributed by atoms with van der Waals surface area (Å²) in [7, 11) is 0. The monoisotopic (exact) mass is 199 g/mol. The molecule has 1 aliphatic rings. The fraction of sp³-hybridized carbons (Fsp3) is 0.333. The standard InChI is InChI=1S/C9H13NS2/c1-3-5-10-6-8-12-9(10)11-7-4-2/h3-4,6,8-9H,1-2,5,7H2. The van der Waals surface area contributed by atoms with Crippen LogP contribution in [0, 0.1) is 0 Å². The number of hydrogen-bond acceptors (Lipinski definition) is 3. The minimum absolute atomic E-state index is 0.515. The van der Waals surface area contributed by atoms with Gasteiger partial charge in [-0.25, -0.2) is 0 Å². The molecule has 0 saturated carbocycles. The van der Waals surface area contributed by atoms with E-state index < -0.39 is 0 Å². The van der Waals surface area contributed by atoms with Gasteiger partial charge in [-0.15, -0.1) is 24.9 Å². The summed E-state index contributed by atoms with van der Waals surface area (Å²) in [6.45, 7) is 8.36. The van der Waals surface area contributed by atoms with Crippen LogP contribution in [0.4, 0.5) is 0 Å². The topological polar surface area (TPSA) is 3.24 Å². The van der Waals surface area contributed by atoms with Crippen molar-refractivity contribution < 1.29 is 0 Å². The summed E-state index contributed by atoms with van der Waals surface area (Å²) >= 11 is 3.74. The summed E-state index contributed by atoms with van der Waals surface area (Å²) in [5.74, 6) is 1.01. The van der Waals surface area contributed by atoms with E-state index in [2.05, 4.69) is 29.7 Å². The summed E-state index contributed by atoms with van der Waals surface area (Å²) in [6.07, 6.45) is 5.99. The van der Waals surface area contributed by atoms with Crippen LogP contribution in [0.1, 0.15) is 0 Å². The van der Waals surface area contributed by atoms with E-state index in [1.807, 2.05) is 35.7 Å². The van der Waals surface area contributed by atoms with Crippen LogP contribution in [0.2, 0.25) is 0 Å². The third-order valence-electron chi connectivity index (χ3n) is 1.41. The first kappa shape index (κ1) is 9.81. The molecule has 0 fully saturated rings. The predicted molar refractivity (Wildman–Crippen MR) is 60.1 cm³/mol. The first-order valence-corrected chi connectivity index (χ1v) is 5.79. The lowest BCUT2D eigenvalue weighted by Crippen LogP contribution is -2.21. The number of rotatable bonds is 5. The molecule has 1 unspecified atom stereocenters. The summed E-state index contributed by atoms with van der Waals surface area (Å²) in [5, 5.41) is 2.13. The lowest BCUT2D eigenvalue weighted by atomic mass is 10.6. The molecule has 1 atom stereocenters. The zero-order valence-electron chi connectivity index (χ0n) is 6.98. The zero-order valence-corrected chi connectivity index (χ0v) is 8.61. The van der Waals surface area contributed by atoms with E-state index in [-0.39, 0.29) is 0 Å². The van der Waals surface area contributed by atoms with Crippen LogP contribution < -0.4 is 0 Å². The number of thioether (sulfide) groups is 2. The Balaban J connectivity index is 2.33. The van der Waals surface area contributed by atoms with Gasteiger partial charge in [0.1, 0.15) is 4.71 Å². The average molecular weight is 199 g/mol. The van der Waals surface area contributed by atoms with E-state index in [0.717, 1.165) is 12.3 Å². The highest BCUT2D eigenvalue weighted by Gasteiger charge is 2.17. The van der Waals surface area contributed by atoms with E-state index in [4.69, 9.17) is 0 Å². The van der Waals surface area contributed by atoms with Crippen LogP contribution in [0.3, 0.4) is 0 Å². The summed E-state index contributed by atoms with van der Waals surface area (Å²) in [6, 6.07) is 0. The Morgan fingerprint density at radius 2 is 2.33 bits per heavy atom. The largest absolute Gasteiger partial charge is 0.353 e. The summed E-state index contributed by atoms with van der Waals surface area (Å²) in [4.78, 5) is 2.27. The third kappa shape index (κ3) is 2.64. The summed E-state index contributed by atoms with van der Waals surface area (Å²) < 4.78 is 0.515. The molecule has 0 amide bonds. The van der Waals surface area contributed by atoms with Crippen LogP contribution in [-0.4, -0.2) is 21.9 Å². The first-order valence-electron chi connectivity index (χ1n) is 3.79. The first-order chi connectivity index (χ1) is 5.88. The normalized spacial score (nSPS) is 21.3. The molecule has 1 nitrogen and oxygen atoms in total. The van der Waals surface area contributed by atoms with Crippen molar-refractivity contribution in [3.63, 3.8) is 0 Å². The lowest BCUT2D eigenvalue weighted by Gasteiger charge is -2.21. The van der Waals surface area contributed by atoms with E-state index in [1.54, 1.807) is 0 Å². The van der Waals surface area contributed by atoms with Crippen molar-refractivity contribution in [2.24, 2.45) is 0 Å². The highest BCUT2D eigenvalue weighted by molar-refractivity contribution is 8.18. The Hall–Kier alpha value is -0.280. The zero-order chi connectivity index (χ0) is 8.81. The van der Waals surface area contributed by atoms with Gasteiger partial charge in [-0.2, -0.15) is 0 Å². The van der Waals surface area contributed by atoms with Crippen LogP contribution in [0.25, 0.3) is 0 Å². The molecule has 0 spiro atoms. The van der Waals surface area contributed by atoms with Gasteiger partial charge in [0.2, 0.25) is 0 Å². The molecule has 1 rings (SSSR count). The quantitative estimate of drug-likeness (QED) is 0.627. The molecule has 66 valence electrons. The van der Waals surface area contributed by atoms with Crippen LogP contribution >= 0.6 is 23.5 Å². The predicted octanol–water partition coefficient (Wildman–Crippen LogP) is 2.90. The molecular weight excluding hydrogens is 186 g/mol. The second kappa shape index (κ2) is 5.38. The maximum atomic E-state index is 3.72.